The number of carbonyl (C=O) groups excluding carboxylic acids is 1. The number of allylic oxidation sites excluding steroid dienone is 1. The predicted octanol–water partition coefficient (Wildman–Crippen LogP) is 3.21. The predicted molar refractivity (Wildman–Crippen MR) is 102 cm³/mol. The SMILES string of the molecule is COC(=O)C1=C(C)Nc2nc(=S)[nH]c(N)c2C1c1c[nH]c2ccccc12. The maximum atomic E-state index is 12.6. The Bertz CT molecular complexity index is 1130. The zero-order chi connectivity index (χ0) is 18.4. The zero-order valence-electron chi connectivity index (χ0n) is 14.2. The van der Waals surface area contributed by atoms with Crippen molar-refractivity contribution in [3.8, 4) is 0 Å². The summed E-state index contributed by atoms with van der Waals surface area (Å²) in [7, 11) is 1.37. The molecule has 0 amide bonds. The molecule has 5 N–H and O–H groups in total. The first-order valence-electron chi connectivity index (χ1n) is 8.03. The number of methoxy groups -OCH3 is 1. The van der Waals surface area contributed by atoms with Crippen LogP contribution in [0.4, 0.5) is 11.6 Å². The Morgan fingerprint density at radius 2 is 2.12 bits per heavy atom. The third kappa shape index (κ3) is 2.38. The van der Waals surface area contributed by atoms with Crippen molar-refractivity contribution in [2.45, 2.75) is 12.8 Å². The Kier molecular flexibility index (Phi) is 3.77. The normalized spacial score (nSPS) is 16.3. The highest BCUT2D eigenvalue weighted by Crippen LogP contribution is 2.45. The van der Waals surface area contributed by atoms with E-state index in [0.717, 1.165) is 16.5 Å². The van der Waals surface area contributed by atoms with Crippen LogP contribution in [0.25, 0.3) is 10.9 Å². The van der Waals surface area contributed by atoms with Gasteiger partial charge in [-0.1, -0.05) is 18.2 Å². The lowest BCUT2D eigenvalue weighted by molar-refractivity contribution is -0.136. The van der Waals surface area contributed by atoms with Crippen molar-refractivity contribution < 1.29 is 9.53 Å². The number of hydrogen-bond donors (Lipinski definition) is 4. The van der Waals surface area contributed by atoms with Crippen LogP contribution in [0.1, 0.15) is 24.0 Å². The number of nitrogens with zero attached hydrogens (tertiary/aromatic N) is 1. The van der Waals surface area contributed by atoms with Crippen LogP contribution in [0.3, 0.4) is 0 Å². The molecule has 7 nitrogen and oxygen atoms in total. The second-order valence-corrected chi connectivity index (χ2v) is 6.48. The zero-order valence-corrected chi connectivity index (χ0v) is 15.0. The summed E-state index contributed by atoms with van der Waals surface area (Å²) in [6, 6.07) is 7.89. The van der Waals surface area contributed by atoms with E-state index in [1.165, 1.54) is 7.11 Å². The third-order valence-corrected chi connectivity index (χ3v) is 4.82. The molecule has 0 saturated carbocycles. The van der Waals surface area contributed by atoms with Gasteiger partial charge in [0.2, 0.25) is 0 Å². The van der Waals surface area contributed by atoms with Gasteiger partial charge in [0, 0.05) is 28.4 Å². The van der Waals surface area contributed by atoms with Gasteiger partial charge >= 0.3 is 5.97 Å². The number of esters is 1. The van der Waals surface area contributed by atoms with Crippen molar-refractivity contribution in [2.24, 2.45) is 0 Å². The maximum Gasteiger partial charge on any atom is 0.336 e. The third-order valence-electron chi connectivity index (χ3n) is 4.63. The van der Waals surface area contributed by atoms with E-state index in [9.17, 15) is 4.79 Å². The van der Waals surface area contributed by atoms with Crippen molar-refractivity contribution in [3.05, 3.63) is 57.6 Å². The van der Waals surface area contributed by atoms with Gasteiger partial charge in [0.15, 0.2) is 4.77 Å². The molecule has 0 radical (unpaired) electrons. The number of nitrogens with two attached hydrogens (primary N) is 1. The van der Waals surface area contributed by atoms with Gasteiger partial charge in [-0.05, 0) is 30.8 Å². The highest BCUT2D eigenvalue weighted by molar-refractivity contribution is 7.71. The highest BCUT2D eigenvalue weighted by Gasteiger charge is 2.36. The standard InChI is InChI=1S/C18H17N5O2S/c1-8-12(17(24)25-2)13(10-7-20-11-6-4-3-5-9(10)11)14-15(19)22-18(26)23-16(14)21-8/h3-7,13,20H,1-2H3,(H4,19,21,22,23,26). The summed E-state index contributed by atoms with van der Waals surface area (Å²) in [6.45, 7) is 1.81. The van der Waals surface area contributed by atoms with Crippen molar-refractivity contribution in [2.75, 3.05) is 18.2 Å². The summed E-state index contributed by atoms with van der Waals surface area (Å²) in [6.07, 6.45) is 1.89. The number of nitrogen functional groups attached to an aromatic ring is 1. The molecule has 0 aliphatic carbocycles. The molecule has 132 valence electrons. The molecule has 1 aliphatic heterocycles. The number of carbonyl (C=O) groups is 1. The Labute approximate surface area is 154 Å². The average Bonchev–Trinajstić information content (AvgIpc) is 3.03. The van der Waals surface area contributed by atoms with Crippen LogP contribution in [0, 0.1) is 4.77 Å². The van der Waals surface area contributed by atoms with E-state index in [4.69, 9.17) is 22.7 Å². The monoisotopic (exact) mass is 367 g/mol. The summed E-state index contributed by atoms with van der Waals surface area (Å²) in [5, 5.41) is 4.14. The first-order chi connectivity index (χ1) is 12.5. The summed E-state index contributed by atoms with van der Waals surface area (Å²) < 4.78 is 5.32. The molecule has 2 aromatic heterocycles. The number of ether oxygens (including phenoxy) is 1. The largest absolute Gasteiger partial charge is 0.466 e. The van der Waals surface area contributed by atoms with Gasteiger partial charge in [0.05, 0.1) is 18.6 Å². The van der Waals surface area contributed by atoms with Gasteiger partial charge in [-0.3, -0.25) is 0 Å². The molecule has 1 atom stereocenters. The number of benzene rings is 1. The number of aromatic amines is 2. The summed E-state index contributed by atoms with van der Waals surface area (Å²) in [4.78, 5) is 23.1. The summed E-state index contributed by atoms with van der Waals surface area (Å²) in [5.74, 6) is 0.0651. The molecule has 1 aliphatic rings. The number of hydrogen-bond acceptors (Lipinski definition) is 6. The minimum Gasteiger partial charge on any atom is -0.466 e. The lowest BCUT2D eigenvalue weighted by Crippen LogP contribution is -2.26. The number of para-hydroxylation sites is 1. The molecule has 0 bridgehead atoms. The second-order valence-electron chi connectivity index (χ2n) is 6.10. The fraction of sp³-hybridized carbons (Fsp3) is 0.167. The quantitative estimate of drug-likeness (QED) is 0.409. The molecule has 0 fully saturated rings. The molecule has 0 saturated heterocycles. The fourth-order valence-corrected chi connectivity index (χ4v) is 3.72. The van der Waals surface area contributed by atoms with E-state index in [-0.39, 0.29) is 4.77 Å². The minimum atomic E-state index is -0.436. The first-order valence-corrected chi connectivity index (χ1v) is 8.44. The Morgan fingerprint density at radius 3 is 2.88 bits per heavy atom. The summed E-state index contributed by atoms with van der Waals surface area (Å²) in [5.41, 5.74) is 9.96. The topological polar surface area (TPSA) is 109 Å². The minimum absolute atomic E-state index is 0.278. The molecule has 1 aromatic carbocycles. The number of H-pyrrole nitrogens is 2. The molecule has 0 spiro atoms. The average molecular weight is 367 g/mol. The smallest absolute Gasteiger partial charge is 0.336 e. The molecule has 8 heteroatoms. The number of fused-ring (bicyclic) bond motifs is 2. The number of nitrogens with one attached hydrogen (secondary N) is 3. The van der Waals surface area contributed by atoms with Gasteiger partial charge in [-0.2, -0.15) is 0 Å². The molecule has 1 unspecified atom stereocenters. The van der Waals surface area contributed by atoms with Crippen LogP contribution in [0.5, 0.6) is 0 Å². The van der Waals surface area contributed by atoms with Gasteiger partial charge in [0.1, 0.15) is 11.6 Å². The van der Waals surface area contributed by atoms with E-state index < -0.39 is 11.9 Å². The Hall–Kier alpha value is -3.13. The van der Waals surface area contributed by atoms with E-state index in [1.54, 1.807) is 0 Å². The van der Waals surface area contributed by atoms with Crippen LogP contribution in [-0.2, 0) is 9.53 Å². The molecular formula is C18H17N5O2S. The van der Waals surface area contributed by atoms with Crippen molar-refractivity contribution in [3.63, 3.8) is 0 Å². The van der Waals surface area contributed by atoms with Crippen molar-refractivity contribution in [1.29, 1.82) is 0 Å². The van der Waals surface area contributed by atoms with Gasteiger partial charge in [-0.15, -0.1) is 0 Å². The maximum absolute atomic E-state index is 12.6. The van der Waals surface area contributed by atoms with Gasteiger partial charge in [-0.25, -0.2) is 9.78 Å². The molecule has 3 aromatic rings. The van der Waals surface area contributed by atoms with Crippen LogP contribution in [-0.4, -0.2) is 28.0 Å². The second kappa shape index (κ2) is 5.99. The first kappa shape index (κ1) is 16.3. The van der Waals surface area contributed by atoms with E-state index in [0.29, 0.717) is 28.5 Å². The lowest BCUT2D eigenvalue weighted by Gasteiger charge is -2.29. The number of anilines is 2. The fourth-order valence-electron chi connectivity index (χ4n) is 3.52. The number of aromatic nitrogens is 3. The van der Waals surface area contributed by atoms with Crippen LogP contribution >= 0.6 is 12.2 Å². The van der Waals surface area contributed by atoms with Crippen molar-refractivity contribution in [1.82, 2.24) is 15.0 Å². The highest BCUT2D eigenvalue weighted by atomic mass is 32.1. The number of rotatable bonds is 2. The van der Waals surface area contributed by atoms with Crippen molar-refractivity contribution >= 4 is 40.7 Å². The Balaban J connectivity index is 2.06. The van der Waals surface area contributed by atoms with E-state index in [2.05, 4.69) is 20.3 Å². The lowest BCUT2D eigenvalue weighted by atomic mass is 9.82. The van der Waals surface area contributed by atoms with E-state index in [1.807, 2.05) is 37.4 Å². The van der Waals surface area contributed by atoms with E-state index >= 15 is 0 Å². The molecule has 4 rings (SSSR count). The van der Waals surface area contributed by atoms with Crippen LogP contribution in [0.15, 0.2) is 41.7 Å². The Morgan fingerprint density at radius 1 is 1.35 bits per heavy atom. The van der Waals surface area contributed by atoms with Crippen LogP contribution in [0.2, 0.25) is 0 Å². The molecule has 26 heavy (non-hydrogen) atoms. The summed E-state index contributed by atoms with van der Waals surface area (Å²) >= 11 is 5.14. The van der Waals surface area contributed by atoms with Gasteiger partial charge in [0.25, 0.3) is 0 Å². The van der Waals surface area contributed by atoms with Crippen LogP contribution < -0.4 is 11.1 Å². The molecular weight excluding hydrogens is 350 g/mol. The molecule has 3 heterocycles. The van der Waals surface area contributed by atoms with Gasteiger partial charge < -0.3 is 25.8 Å².